The fourth-order valence-corrected chi connectivity index (χ4v) is 1.90. The minimum atomic E-state index is -0.254. The van der Waals surface area contributed by atoms with E-state index in [4.69, 9.17) is 5.73 Å². The molecule has 3 N–H and O–H groups in total. The lowest BCUT2D eigenvalue weighted by Gasteiger charge is -2.31. The summed E-state index contributed by atoms with van der Waals surface area (Å²) >= 11 is 0. The number of anilines is 2. The predicted molar refractivity (Wildman–Crippen MR) is 58.6 cm³/mol. The van der Waals surface area contributed by atoms with E-state index < -0.39 is 0 Å². The minimum Gasteiger partial charge on any atom is -0.391 e. The summed E-state index contributed by atoms with van der Waals surface area (Å²) in [5.41, 5.74) is 5.66. The van der Waals surface area contributed by atoms with Gasteiger partial charge in [0, 0.05) is 19.2 Å². The van der Waals surface area contributed by atoms with Gasteiger partial charge in [0.2, 0.25) is 0 Å². The number of aliphatic hydroxyl groups is 1. The second kappa shape index (κ2) is 4.02. The van der Waals surface area contributed by atoms with Crippen LogP contribution in [0.2, 0.25) is 0 Å². The Labute approximate surface area is 88.9 Å². The van der Waals surface area contributed by atoms with E-state index in [-0.39, 0.29) is 6.10 Å². The molecule has 1 atom stereocenters. The number of nitrogen functional groups attached to an aromatic ring is 1. The van der Waals surface area contributed by atoms with Crippen molar-refractivity contribution in [2.75, 3.05) is 23.7 Å². The van der Waals surface area contributed by atoms with Crippen molar-refractivity contribution in [1.29, 1.82) is 0 Å². The summed E-state index contributed by atoms with van der Waals surface area (Å²) in [5.74, 6) is 1.97. The third-order valence-corrected chi connectivity index (χ3v) is 2.56. The first-order chi connectivity index (χ1) is 7.15. The molecule has 0 bridgehead atoms. The highest BCUT2D eigenvalue weighted by atomic mass is 16.3. The number of piperidine rings is 1. The third-order valence-electron chi connectivity index (χ3n) is 2.56. The first-order valence-electron chi connectivity index (χ1n) is 5.19. The first kappa shape index (κ1) is 10.2. The molecular formula is C10H16N4O. The zero-order chi connectivity index (χ0) is 10.8. The Morgan fingerprint density at radius 2 is 2.33 bits per heavy atom. The van der Waals surface area contributed by atoms with E-state index in [2.05, 4.69) is 14.9 Å². The van der Waals surface area contributed by atoms with Gasteiger partial charge in [0.25, 0.3) is 0 Å². The quantitative estimate of drug-likeness (QED) is 0.695. The van der Waals surface area contributed by atoms with Crippen LogP contribution in [0.25, 0.3) is 0 Å². The standard InChI is InChI=1S/C10H16N4O/c1-7-12-9(11)5-10(13-7)14-4-2-3-8(15)6-14/h5,8,15H,2-4,6H2,1H3,(H2,11,12,13)/t8-/m0/s1. The van der Waals surface area contributed by atoms with E-state index in [0.29, 0.717) is 18.2 Å². The lowest BCUT2D eigenvalue weighted by atomic mass is 10.1. The molecule has 0 aliphatic carbocycles. The predicted octanol–water partition coefficient (Wildman–Crippen LogP) is 0.328. The largest absolute Gasteiger partial charge is 0.391 e. The zero-order valence-corrected chi connectivity index (χ0v) is 8.85. The van der Waals surface area contributed by atoms with Gasteiger partial charge in [-0.25, -0.2) is 9.97 Å². The van der Waals surface area contributed by atoms with Crippen LogP contribution in [0, 0.1) is 6.92 Å². The molecule has 5 nitrogen and oxygen atoms in total. The van der Waals surface area contributed by atoms with Crippen molar-refractivity contribution >= 4 is 11.6 Å². The molecule has 0 spiro atoms. The molecule has 5 heteroatoms. The Morgan fingerprint density at radius 3 is 3.00 bits per heavy atom. The summed E-state index contributed by atoms with van der Waals surface area (Å²) in [6, 6.07) is 1.76. The van der Waals surface area contributed by atoms with Crippen molar-refractivity contribution in [3.63, 3.8) is 0 Å². The average Bonchev–Trinajstić information content (AvgIpc) is 2.16. The van der Waals surface area contributed by atoms with Crippen LogP contribution in [0.15, 0.2) is 6.07 Å². The number of aryl methyl sites for hydroxylation is 1. The van der Waals surface area contributed by atoms with Crippen LogP contribution in [0.1, 0.15) is 18.7 Å². The minimum absolute atomic E-state index is 0.254. The van der Waals surface area contributed by atoms with Crippen molar-refractivity contribution in [2.24, 2.45) is 0 Å². The summed E-state index contributed by atoms with van der Waals surface area (Å²) < 4.78 is 0. The molecule has 1 aliphatic heterocycles. The van der Waals surface area contributed by atoms with Crippen LogP contribution < -0.4 is 10.6 Å². The number of β-amino-alcohol motifs (C(OH)–C–C–N with tert-alkyl or cyclic N) is 1. The fourth-order valence-electron chi connectivity index (χ4n) is 1.90. The summed E-state index contributed by atoms with van der Waals surface area (Å²) in [6.07, 6.45) is 1.61. The molecule has 82 valence electrons. The van der Waals surface area contributed by atoms with Gasteiger partial charge in [0.05, 0.1) is 6.10 Å². The molecule has 1 saturated heterocycles. The topological polar surface area (TPSA) is 75.3 Å². The maximum absolute atomic E-state index is 9.56. The van der Waals surface area contributed by atoms with E-state index in [0.717, 1.165) is 25.2 Å². The maximum atomic E-state index is 9.56. The van der Waals surface area contributed by atoms with Gasteiger partial charge in [0.15, 0.2) is 0 Å². The normalized spacial score (nSPS) is 21.7. The van der Waals surface area contributed by atoms with Gasteiger partial charge in [-0.3, -0.25) is 0 Å². The van der Waals surface area contributed by atoms with E-state index >= 15 is 0 Å². The van der Waals surface area contributed by atoms with Gasteiger partial charge in [-0.1, -0.05) is 0 Å². The van der Waals surface area contributed by atoms with Crippen molar-refractivity contribution in [1.82, 2.24) is 9.97 Å². The van der Waals surface area contributed by atoms with Crippen molar-refractivity contribution < 1.29 is 5.11 Å². The maximum Gasteiger partial charge on any atom is 0.134 e. The monoisotopic (exact) mass is 208 g/mol. The van der Waals surface area contributed by atoms with Crippen LogP contribution in [-0.4, -0.2) is 34.3 Å². The highest BCUT2D eigenvalue weighted by Gasteiger charge is 2.19. The second-order valence-electron chi connectivity index (χ2n) is 3.94. The second-order valence-corrected chi connectivity index (χ2v) is 3.94. The Balaban J connectivity index is 2.20. The Morgan fingerprint density at radius 1 is 1.53 bits per heavy atom. The van der Waals surface area contributed by atoms with E-state index in [1.54, 1.807) is 6.07 Å². The van der Waals surface area contributed by atoms with Gasteiger partial charge in [0.1, 0.15) is 17.5 Å². The zero-order valence-electron chi connectivity index (χ0n) is 8.85. The Kier molecular flexibility index (Phi) is 2.73. The van der Waals surface area contributed by atoms with Crippen molar-refractivity contribution in [2.45, 2.75) is 25.9 Å². The molecule has 0 unspecified atom stereocenters. The van der Waals surface area contributed by atoms with Crippen LogP contribution in [-0.2, 0) is 0 Å². The smallest absolute Gasteiger partial charge is 0.134 e. The molecule has 1 aromatic heterocycles. The van der Waals surface area contributed by atoms with E-state index in [1.165, 1.54) is 0 Å². The number of hydrogen-bond donors (Lipinski definition) is 2. The summed E-state index contributed by atoms with van der Waals surface area (Å²) in [7, 11) is 0. The number of nitrogens with zero attached hydrogens (tertiary/aromatic N) is 3. The van der Waals surface area contributed by atoms with Gasteiger partial charge >= 0.3 is 0 Å². The fraction of sp³-hybridized carbons (Fsp3) is 0.600. The van der Waals surface area contributed by atoms with E-state index in [9.17, 15) is 5.11 Å². The summed E-state index contributed by atoms with van der Waals surface area (Å²) in [5, 5.41) is 9.56. The number of rotatable bonds is 1. The number of aliphatic hydroxyl groups excluding tert-OH is 1. The molecule has 2 rings (SSSR count). The third kappa shape index (κ3) is 2.36. The van der Waals surface area contributed by atoms with Gasteiger partial charge in [-0.05, 0) is 19.8 Å². The molecule has 0 radical (unpaired) electrons. The Bertz CT molecular complexity index is 335. The molecule has 0 aromatic carbocycles. The molecule has 0 saturated carbocycles. The number of hydrogen-bond acceptors (Lipinski definition) is 5. The first-order valence-corrected chi connectivity index (χ1v) is 5.19. The average molecular weight is 208 g/mol. The highest BCUT2D eigenvalue weighted by molar-refractivity contribution is 5.47. The molecule has 1 aliphatic rings. The highest BCUT2D eigenvalue weighted by Crippen LogP contribution is 2.19. The van der Waals surface area contributed by atoms with Crippen LogP contribution in [0.4, 0.5) is 11.6 Å². The Hall–Kier alpha value is -1.36. The molecule has 15 heavy (non-hydrogen) atoms. The van der Waals surface area contributed by atoms with Crippen molar-refractivity contribution in [3.05, 3.63) is 11.9 Å². The van der Waals surface area contributed by atoms with Gasteiger partial charge < -0.3 is 15.7 Å². The van der Waals surface area contributed by atoms with Crippen LogP contribution in [0.5, 0.6) is 0 Å². The molecule has 1 fully saturated rings. The van der Waals surface area contributed by atoms with Gasteiger partial charge in [-0.2, -0.15) is 0 Å². The summed E-state index contributed by atoms with van der Waals surface area (Å²) in [6.45, 7) is 3.38. The van der Waals surface area contributed by atoms with Gasteiger partial charge in [-0.15, -0.1) is 0 Å². The lowest BCUT2D eigenvalue weighted by molar-refractivity contribution is 0.154. The van der Waals surface area contributed by atoms with Crippen LogP contribution >= 0.6 is 0 Å². The SMILES string of the molecule is Cc1nc(N)cc(N2CCC[C@H](O)C2)n1. The number of aromatic nitrogens is 2. The number of nitrogens with two attached hydrogens (primary N) is 1. The molecule has 0 amide bonds. The molecule has 1 aromatic rings. The molecular weight excluding hydrogens is 192 g/mol. The van der Waals surface area contributed by atoms with Crippen molar-refractivity contribution in [3.8, 4) is 0 Å². The molecule has 2 heterocycles. The summed E-state index contributed by atoms with van der Waals surface area (Å²) in [4.78, 5) is 10.4. The van der Waals surface area contributed by atoms with Crippen LogP contribution in [0.3, 0.4) is 0 Å². The lowest BCUT2D eigenvalue weighted by Crippen LogP contribution is -2.38. The van der Waals surface area contributed by atoms with E-state index in [1.807, 2.05) is 6.92 Å².